The standard InChI is InChI=1S/C22H26F3N3O3/c1-4-28(5-2)21(29)15-31-19-12-7-16(13-20(19)30-6-3)14-26-27-18-10-8-17(9-11-18)22(23,24)25/h7-14,27H,4-6,15H2,1-3H3. The van der Waals surface area contributed by atoms with Gasteiger partial charge in [0.2, 0.25) is 0 Å². The zero-order valence-corrected chi connectivity index (χ0v) is 17.7. The molecule has 0 fully saturated rings. The second kappa shape index (κ2) is 11.2. The van der Waals surface area contributed by atoms with Crippen molar-refractivity contribution in [2.45, 2.75) is 26.9 Å². The fraction of sp³-hybridized carbons (Fsp3) is 0.364. The van der Waals surface area contributed by atoms with E-state index in [2.05, 4.69) is 10.5 Å². The van der Waals surface area contributed by atoms with Gasteiger partial charge >= 0.3 is 6.18 Å². The van der Waals surface area contributed by atoms with E-state index in [1.54, 1.807) is 23.1 Å². The first-order valence-corrected chi connectivity index (χ1v) is 9.92. The maximum atomic E-state index is 12.6. The van der Waals surface area contributed by atoms with Crippen molar-refractivity contribution in [3.8, 4) is 11.5 Å². The minimum absolute atomic E-state index is 0.0926. The van der Waals surface area contributed by atoms with Crippen LogP contribution in [-0.2, 0) is 11.0 Å². The number of nitrogens with zero attached hydrogens (tertiary/aromatic N) is 2. The van der Waals surface area contributed by atoms with Gasteiger partial charge in [-0.05, 0) is 68.8 Å². The Hall–Kier alpha value is -3.23. The number of hydrogen-bond donors (Lipinski definition) is 1. The fourth-order valence-corrected chi connectivity index (χ4v) is 2.71. The van der Waals surface area contributed by atoms with Crippen molar-refractivity contribution in [1.29, 1.82) is 0 Å². The molecule has 0 aliphatic heterocycles. The van der Waals surface area contributed by atoms with Crippen LogP contribution in [0.3, 0.4) is 0 Å². The van der Waals surface area contributed by atoms with Crippen molar-refractivity contribution in [2.75, 3.05) is 31.7 Å². The molecule has 0 aliphatic rings. The molecule has 0 aliphatic carbocycles. The van der Waals surface area contributed by atoms with Gasteiger partial charge in [-0.3, -0.25) is 10.2 Å². The summed E-state index contributed by atoms with van der Waals surface area (Å²) in [5.41, 5.74) is 3.07. The molecule has 1 amide bonds. The van der Waals surface area contributed by atoms with Gasteiger partial charge in [0.05, 0.1) is 24.1 Å². The second-order valence-electron chi connectivity index (χ2n) is 6.44. The third kappa shape index (κ3) is 7.20. The molecular formula is C22H26F3N3O3. The fourth-order valence-electron chi connectivity index (χ4n) is 2.71. The van der Waals surface area contributed by atoms with Crippen LogP contribution in [0.25, 0.3) is 0 Å². The normalized spacial score (nSPS) is 11.4. The van der Waals surface area contributed by atoms with Crippen LogP contribution in [0.5, 0.6) is 11.5 Å². The average molecular weight is 437 g/mol. The molecule has 0 spiro atoms. The summed E-state index contributed by atoms with van der Waals surface area (Å²) in [6.45, 7) is 7.17. The first-order chi connectivity index (χ1) is 14.8. The van der Waals surface area contributed by atoms with Crippen LogP contribution < -0.4 is 14.9 Å². The number of carbonyl (C=O) groups excluding carboxylic acids is 1. The maximum Gasteiger partial charge on any atom is 0.416 e. The zero-order valence-electron chi connectivity index (χ0n) is 17.7. The molecule has 0 saturated heterocycles. The Morgan fingerprint density at radius 2 is 1.71 bits per heavy atom. The number of amides is 1. The third-order valence-corrected chi connectivity index (χ3v) is 4.35. The Morgan fingerprint density at radius 3 is 2.29 bits per heavy atom. The highest BCUT2D eigenvalue weighted by Crippen LogP contribution is 2.30. The first kappa shape index (κ1) is 24.0. The molecule has 168 valence electrons. The number of carbonyl (C=O) groups is 1. The highest BCUT2D eigenvalue weighted by Gasteiger charge is 2.29. The number of rotatable bonds is 10. The number of nitrogens with one attached hydrogen (secondary N) is 1. The minimum Gasteiger partial charge on any atom is -0.490 e. The zero-order chi connectivity index (χ0) is 22.9. The van der Waals surface area contributed by atoms with Crippen LogP contribution in [0.15, 0.2) is 47.6 Å². The lowest BCUT2D eigenvalue weighted by Gasteiger charge is -2.19. The largest absolute Gasteiger partial charge is 0.490 e. The van der Waals surface area contributed by atoms with Gasteiger partial charge in [0.15, 0.2) is 18.1 Å². The van der Waals surface area contributed by atoms with Gasteiger partial charge < -0.3 is 14.4 Å². The Kier molecular flexibility index (Phi) is 8.72. The Labute approximate surface area is 179 Å². The van der Waals surface area contributed by atoms with Gasteiger partial charge in [-0.1, -0.05) is 0 Å². The predicted molar refractivity (Wildman–Crippen MR) is 114 cm³/mol. The van der Waals surface area contributed by atoms with Gasteiger partial charge in [0.25, 0.3) is 5.91 Å². The van der Waals surface area contributed by atoms with E-state index in [-0.39, 0.29) is 12.5 Å². The van der Waals surface area contributed by atoms with Crippen molar-refractivity contribution in [3.63, 3.8) is 0 Å². The van der Waals surface area contributed by atoms with E-state index in [0.29, 0.717) is 42.4 Å². The van der Waals surface area contributed by atoms with Crippen molar-refractivity contribution in [1.82, 2.24) is 4.90 Å². The molecule has 2 aromatic rings. The Bertz CT molecular complexity index is 880. The molecule has 0 bridgehead atoms. The molecule has 0 radical (unpaired) electrons. The number of likely N-dealkylation sites (N-methyl/N-ethyl adjacent to an activating group) is 1. The number of ether oxygens (including phenoxy) is 2. The lowest BCUT2D eigenvalue weighted by atomic mass is 10.2. The SMILES string of the molecule is CCOc1cc(C=NNc2ccc(C(F)(F)F)cc2)ccc1OCC(=O)N(CC)CC. The molecule has 31 heavy (non-hydrogen) atoms. The maximum absolute atomic E-state index is 12.6. The van der Waals surface area contributed by atoms with Crippen LogP contribution in [0.1, 0.15) is 31.9 Å². The lowest BCUT2D eigenvalue weighted by molar-refractivity contribution is -0.137. The van der Waals surface area contributed by atoms with E-state index in [1.807, 2.05) is 20.8 Å². The number of hydrogen-bond acceptors (Lipinski definition) is 5. The molecule has 6 nitrogen and oxygen atoms in total. The van der Waals surface area contributed by atoms with Crippen molar-refractivity contribution in [3.05, 3.63) is 53.6 Å². The smallest absolute Gasteiger partial charge is 0.416 e. The van der Waals surface area contributed by atoms with E-state index in [1.165, 1.54) is 18.3 Å². The van der Waals surface area contributed by atoms with Crippen molar-refractivity contribution < 1.29 is 27.4 Å². The van der Waals surface area contributed by atoms with E-state index < -0.39 is 11.7 Å². The number of benzene rings is 2. The van der Waals surface area contributed by atoms with E-state index in [0.717, 1.165) is 12.1 Å². The summed E-state index contributed by atoms with van der Waals surface area (Å²) < 4.78 is 49.1. The van der Waals surface area contributed by atoms with Gasteiger partial charge in [0, 0.05) is 13.1 Å². The molecule has 2 aromatic carbocycles. The quantitative estimate of drug-likeness (QED) is 0.429. The molecule has 2 rings (SSSR count). The summed E-state index contributed by atoms with van der Waals surface area (Å²) in [6.07, 6.45) is -2.87. The van der Waals surface area contributed by atoms with Crippen LogP contribution >= 0.6 is 0 Å². The summed E-state index contributed by atoms with van der Waals surface area (Å²) in [4.78, 5) is 13.8. The van der Waals surface area contributed by atoms with Crippen molar-refractivity contribution in [2.24, 2.45) is 5.10 Å². The summed E-state index contributed by atoms with van der Waals surface area (Å²) in [5, 5.41) is 4.04. The molecule has 9 heteroatoms. The van der Waals surface area contributed by atoms with Gasteiger partial charge in [-0.2, -0.15) is 18.3 Å². The summed E-state index contributed by atoms with van der Waals surface area (Å²) in [6, 6.07) is 9.69. The number of hydrazone groups is 1. The molecule has 0 aromatic heterocycles. The Morgan fingerprint density at radius 1 is 1.03 bits per heavy atom. The van der Waals surface area contributed by atoms with Crippen molar-refractivity contribution >= 4 is 17.8 Å². The Balaban J connectivity index is 2.03. The van der Waals surface area contributed by atoms with Gasteiger partial charge in [-0.15, -0.1) is 0 Å². The van der Waals surface area contributed by atoms with Crippen LogP contribution in [-0.4, -0.2) is 43.3 Å². The first-order valence-electron chi connectivity index (χ1n) is 9.92. The highest BCUT2D eigenvalue weighted by molar-refractivity contribution is 5.82. The topological polar surface area (TPSA) is 63.2 Å². The van der Waals surface area contributed by atoms with Crippen LogP contribution in [0.2, 0.25) is 0 Å². The summed E-state index contributed by atoms with van der Waals surface area (Å²) in [5.74, 6) is 0.794. The van der Waals surface area contributed by atoms with Gasteiger partial charge in [-0.25, -0.2) is 0 Å². The molecule has 1 N–H and O–H groups in total. The van der Waals surface area contributed by atoms with Crippen LogP contribution in [0.4, 0.5) is 18.9 Å². The molecule has 0 atom stereocenters. The molecular weight excluding hydrogens is 411 g/mol. The highest BCUT2D eigenvalue weighted by atomic mass is 19.4. The monoisotopic (exact) mass is 437 g/mol. The molecule has 0 unspecified atom stereocenters. The van der Waals surface area contributed by atoms with Gasteiger partial charge in [0.1, 0.15) is 0 Å². The second-order valence-corrected chi connectivity index (χ2v) is 6.44. The third-order valence-electron chi connectivity index (χ3n) is 4.35. The minimum atomic E-state index is -4.38. The molecule has 0 heterocycles. The average Bonchev–Trinajstić information content (AvgIpc) is 2.74. The predicted octanol–water partition coefficient (Wildman–Crippen LogP) is 4.80. The van der Waals surface area contributed by atoms with E-state index in [9.17, 15) is 18.0 Å². The molecule has 0 saturated carbocycles. The number of alkyl halides is 3. The lowest BCUT2D eigenvalue weighted by Crippen LogP contribution is -2.34. The van der Waals surface area contributed by atoms with E-state index in [4.69, 9.17) is 9.47 Å². The van der Waals surface area contributed by atoms with Crippen LogP contribution in [0, 0.1) is 0 Å². The summed E-state index contributed by atoms with van der Waals surface area (Å²) >= 11 is 0. The summed E-state index contributed by atoms with van der Waals surface area (Å²) in [7, 11) is 0. The number of anilines is 1. The number of halogens is 3. The van der Waals surface area contributed by atoms with E-state index >= 15 is 0 Å².